The summed E-state index contributed by atoms with van der Waals surface area (Å²) in [5.74, 6) is 0. The van der Waals surface area contributed by atoms with Crippen LogP contribution in [0.3, 0.4) is 0 Å². The Kier molecular flexibility index (Phi) is 3.89. The van der Waals surface area contributed by atoms with Gasteiger partial charge in [0.2, 0.25) is 0 Å². The normalized spacial score (nSPS) is 14.1. The molecule has 0 radical (unpaired) electrons. The second-order valence-electron chi connectivity index (χ2n) is 11.4. The fourth-order valence-corrected chi connectivity index (χ4v) is 7.16. The molecule has 0 saturated heterocycles. The van der Waals surface area contributed by atoms with Gasteiger partial charge in [-0.2, -0.15) is 0 Å². The van der Waals surface area contributed by atoms with Crippen LogP contribution in [-0.2, 0) is 5.41 Å². The maximum Gasteiger partial charge on any atom is 0.160 e. The van der Waals surface area contributed by atoms with Gasteiger partial charge in [-0.05, 0) is 63.4 Å². The molecule has 39 heavy (non-hydrogen) atoms. The smallest absolute Gasteiger partial charge is 0.160 e. The number of fused-ring (bicyclic) bond motifs is 12. The second-order valence-corrected chi connectivity index (χ2v) is 11.4. The van der Waals surface area contributed by atoms with E-state index in [1.54, 1.807) is 0 Å². The molecule has 0 N–H and O–H groups in total. The topological polar surface area (TPSA) is 18.1 Å². The van der Waals surface area contributed by atoms with Crippen molar-refractivity contribution in [2.75, 3.05) is 0 Å². The van der Waals surface area contributed by atoms with E-state index < -0.39 is 0 Å². The molecule has 0 fully saturated rings. The number of nitrogens with zero attached hydrogens (tertiary/aromatic N) is 1. The van der Waals surface area contributed by atoms with E-state index in [1.807, 2.05) is 6.07 Å². The van der Waals surface area contributed by atoms with Gasteiger partial charge < -0.3 is 8.98 Å². The van der Waals surface area contributed by atoms with Crippen LogP contribution in [-0.4, -0.2) is 4.57 Å². The van der Waals surface area contributed by atoms with Crippen LogP contribution in [0.5, 0.6) is 0 Å². The lowest BCUT2D eigenvalue weighted by Crippen LogP contribution is -2.14. The number of hydrogen-bond acceptors (Lipinski definition) is 1. The Hall–Kier alpha value is -4.82. The van der Waals surface area contributed by atoms with Gasteiger partial charge in [-0.1, -0.05) is 98.8 Å². The van der Waals surface area contributed by atoms with Crippen molar-refractivity contribution in [2.45, 2.75) is 19.3 Å². The van der Waals surface area contributed by atoms with E-state index in [-0.39, 0.29) is 5.41 Å². The summed E-state index contributed by atoms with van der Waals surface area (Å²) in [5.41, 5.74) is 10.7. The second kappa shape index (κ2) is 7.18. The number of furan rings is 1. The molecule has 2 aromatic heterocycles. The molecule has 9 rings (SSSR count). The molecule has 1 aliphatic carbocycles. The van der Waals surface area contributed by atoms with Gasteiger partial charge in [0.1, 0.15) is 5.58 Å². The van der Waals surface area contributed by atoms with E-state index >= 15 is 0 Å². The number of hydrogen-bond donors (Lipinski definition) is 0. The van der Waals surface area contributed by atoms with Crippen LogP contribution in [0.4, 0.5) is 0 Å². The van der Waals surface area contributed by atoms with Gasteiger partial charge >= 0.3 is 0 Å². The van der Waals surface area contributed by atoms with Crippen molar-refractivity contribution in [3.8, 4) is 16.8 Å². The largest absolute Gasteiger partial charge is 0.454 e. The summed E-state index contributed by atoms with van der Waals surface area (Å²) < 4.78 is 9.06. The monoisotopic (exact) mass is 499 g/mol. The van der Waals surface area contributed by atoms with Gasteiger partial charge in [0.25, 0.3) is 0 Å². The molecule has 0 bridgehead atoms. The average Bonchev–Trinajstić information content (AvgIpc) is 3.59. The highest BCUT2D eigenvalue weighted by Gasteiger charge is 2.35. The zero-order valence-corrected chi connectivity index (χ0v) is 21.8. The molecule has 2 nitrogen and oxygen atoms in total. The highest BCUT2D eigenvalue weighted by atomic mass is 16.3. The van der Waals surface area contributed by atoms with Crippen LogP contribution in [0, 0.1) is 0 Å². The van der Waals surface area contributed by atoms with Crippen LogP contribution in [0.15, 0.2) is 120 Å². The molecular weight excluding hydrogens is 474 g/mol. The molecule has 0 amide bonds. The first-order valence-corrected chi connectivity index (χ1v) is 13.6. The van der Waals surface area contributed by atoms with E-state index in [4.69, 9.17) is 4.42 Å². The van der Waals surface area contributed by atoms with Gasteiger partial charge in [0, 0.05) is 32.6 Å². The first kappa shape index (κ1) is 21.2. The summed E-state index contributed by atoms with van der Waals surface area (Å²) in [6.07, 6.45) is 0. The molecule has 1 aliphatic rings. The van der Waals surface area contributed by atoms with Crippen molar-refractivity contribution in [1.82, 2.24) is 4.57 Å². The first-order chi connectivity index (χ1) is 19.1. The summed E-state index contributed by atoms with van der Waals surface area (Å²) in [6, 6.07) is 42.0. The molecule has 0 aliphatic heterocycles. The van der Waals surface area contributed by atoms with Crippen molar-refractivity contribution >= 4 is 54.5 Å². The van der Waals surface area contributed by atoms with Crippen molar-refractivity contribution in [1.29, 1.82) is 0 Å². The molecule has 2 heteroatoms. The van der Waals surface area contributed by atoms with Crippen molar-refractivity contribution < 1.29 is 4.42 Å². The van der Waals surface area contributed by atoms with Gasteiger partial charge in [-0.3, -0.25) is 0 Å². The minimum absolute atomic E-state index is 0.0204. The molecule has 184 valence electrons. The SMILES string of the molecule is CC1(C)c2ccccc2-c2cc(-n3c4ccc5ccccc5c4c4ccc5c6ccccc6oc5c43)ccc21. The summed E-state index contributed by atoms with van der Waals surface area (Å²) >= 11 is 0. The van der Waals surface area contributed by atoms with Crippen LogP contribution in [0.1, 0.15) is 25.0 Å². The molecular formula is C37H25NO. The third kappa shape index (κ3) is 2.61. The predicted molar refractivity (Wildman–Crippen MR) is 163 cm³/mol. The van der Waals surface area contributed by atoms with E-state index in [1.165, 1.54) is 49.3 Å². The quantitative estimate of drug-likeness (QED) is 0.220. The highest BCUT2D eigenvalue weighted by Crippen LogP contribution is 2.50. The molecule has 2 heterocycles. The summed E-state index contributed by atoms with van der Waals surface area (Å²) in [5, 5.41) is 7.31. The summed E-state index contributed by atoms with van der Waals surface area (Å²) in [6.45, 7) is 4.67. The highest BCUT2D eigenvalue weighted by molar-refractivity contribution is 6.27. The van der Waals surface area contributed by atoms with Crippen LogP contribution in [0.25, 0.3) is 71.3 Å². The van der Waals surface area contributed by atoms with Crippen molar-refractivity contribution in [2.24, 2.45) is 0 Å². The van der Waals surface area contributed by atoms with E-state index in [9.17, 15) is 0 Å². The lowest BCUT2D eigenvalue weighted by atomic mass is 9.82. The molecule has 0 unspecified atom stereocenters. The van der Waals surface area contributed by atoms with Gasteiger partial charge in [0.15, 0.2) is 5.58 Å². The Morgan fingerprint density at radius 2 is 1.33 bits per heavy atom. The number of aromatic nitrogens is 1. The number of rotatable bonds is 1. The third-order valence-corrected chi connectivity index (χ3v) is 8.99. The molecule has 0 atom stereocenters. The molecule has 6 aromatic carbocycles. The summed E-state index contributed by atoms with van der Waals surface area (Å²) in [4.78, 5) is 0. The van der Waals surface area contributed by atoms with Crippen LogP contribution < -0.4 is 0 Å². The Morgan fingerprint density at radius 3 is 2.26 bits per heavy atom. The van der Waals surface area contributed by atoms with Crippen molar-refractivity contribution in [3.63, 3.8) is 0 Å². The Morgan fingerprint density at radius 1 is 0.590 bits per heavy atom. The minimum Gasteiger partial charge on any atom is -0.454 e. The lowest BCUT2D eigenvalue weighted by molar-refractivity contribution is 0.660. The van der Waals surface area contributed by atoms with Gasteiger partial charge in [-0.25, -0.2) is 0 Å². The molecule has 8 aromatic rings. The number of benzene rings is 6. The van der Waals surface area contributed by atoms with Crippen LogP contribution >= 0.6 is 0 Å². The Labute approximate surface area is 225 Å². The van der Waals surface area contributed by atoms with Gasteiger partial charge in [-0.15, -0.1) is 0 Å². The standard InChI is InChI=1S/C37H25NO/c1-37(2)30-13-7-5-11-25(30)29-21-23(16-19-31(29)37)38-32-20-15-22-9-3-4-10-24(22)34(32)28-18-17-27-26-12-6-8-14-33(26)39-36(27)35(28)38/h3-21H,1-2H3. The van der Waals surface area contributed by atoms with E-state index in [2.05, 4.69) is 128 Å². The maximum absolute atomic E-state index is 6.63. The van der Waals surface area contributed by atoms with Crippen molar-refractivity contribution in [3.05, 3.63) is 126 Å². The maximum atomic E-state index is 6.63. The third-order valence-electron chi connectivity index (χ3n) is 8.99. The van der Waals surface area contributed by atoms with Crippen LogP contribution in [0.2, 0.25) is 0 Å². The van der Waals surface area contributed by atoms with E-state index in [0.717, 1.165) is 33.1 Å². The molecule has 0 spiro atoms. The predicted octanol–water partition coefficient (Wildman–Crippen LogP) is 10.1. The molecule has 0 saturated carbocycles. The zero-order valence-electron chi connectivity index (χ0n) is 21.8. The summed E-state index contributed by atoms with van der Waals surface area (Å²) in [7, 11) is 0. The fourth-order valence-electron chi connectivity index (χ4n) is 7.16. The van der Waals surface area contributed by atoms with Gasteiger partial charge in [0.05, 0.1) is 11.0 Å². The average molecular weight is 500 g/mol. The lowest BCUT2D eigenvalue weighted by Gasteiger charge is -2.21. The van der Waals surface area contributed by atoms with E-state index in [0.29, 0.717) is 0 Å². The Balaban J connectivity index is 1.47. The first-order valence-electron chi connectivity index (χ1n) is 13.6. The fraction of sp³-hybridized carbons (Fsp3) is 0.0811. The Bertz CT molecular complexity index is 2310. The minimum atomic E-state index is -0.0204. The number of para-hydroxylation sites is 1. The zero-order chi connectivity index (χ0) is 25.9.